The van der Waals surface area contributed by atoms with E-state index in [1.54, 1.807) is 0 Å². The molecule has 0 saturated carbocycles. The third-order valence-corrected chi connectivity index (χ3v) is 4.68. The fourth-order valence-electron chi connectivity index (χ4n) is 3.27. The Morgan fingerprint density at radius 2 is 2.04 bits per heavy atom. The van der Waals surface area contributed by atoms with Crippen molar-refractivity contribution in [2.24, 2.45) is 5.92 Å². The van der Waals surface area contributed by atoms with Crippen LogP contribution >= 0.6 is 0 Å². The van der Waals surface area contributed by atoms with E-state index in [2.05, 4.69) is 34.5 Å². The first-order chi connectivity index (χ1) is 11.8. The molecule has 0 unspecified atom stereocenters. The molecular weight excluding hydrogens is 320 g/mol. The Kier molecular flexibility index (Phi) is 6.99. The van der Waals surface area contributed by atoms with E-state index in [1.165, 1.54) is 6.92 Å². The standard InChI is InChI=1S/C18H30N4O3/c1-12(2)7-14-8-17(25-21-14)11-20-18(24)9-15-5-6-16(22(15)4)10-19-13(3)23/h8,12,15-16H,5-7,9-11H2,1-4H3,(H,19,23)(H,20,24)/t15-,16+/m0/s1. The van der Waals surface area contributed by atoms with Crippen LogP contribution in [0.25, 0.3) is 0 Å². The lowest BCUT2D eigenvalue weighted by molar-refractivity contribution is -0.122. The summed E-state index contributed by atoms with van der Waals surface area (Å²) < 4.78 is 5.26. The third kappa shape index (κ3) is 6.16. The number of amides is 2. The van der Waals surface area contributed by atoms with Crippen LogP contribution < -0.4 is 10.6 Å². The Balaban J connectivity index is 1.73. The van der Waals surface area contributed by atoms with Crippen molar-refractivity contribution in [3.05, 3.63) is 17.5 Å². The molecule has 7 nitrogen and oxygen atoms in total. The van der Waals surface area contributed by atoms with Crippen molar-refractivity contribution < 1.29 is 14.1 Å². The van der Waals surface area contributed by atoms with Gasteiger partial charge in [-0.25, -0.2) is 0 Å². The van der Waals surface area contributed by atoms with Gasteiger partial charge in [-0.1, -0.05) is 19.0 Å². The second kappa shape index (κ2) is 8.99. The van der Waals surface area contributed by atoms with Gasteiger partial charge in [-0.15, -0.1) is 0 Å². The van der Waals surface area contributed by atoms with Crippen molar-refractivity contribution in [1.29, 1.82) is 0 Å². The molecule has 2 rings (SSSR count). The molecule has 0 spiro atoms. The first kappa shape index (κ1) is 19.4. The predicted molar refractivity (Wildman–Crippen MR) is 94.8 cm³/mol. The summed E-state index contributed by atoms with van der Waals surface area (Å²) >= 11 is 0. The highest BCUT2D eigenvalue weighted by molar-refractivity contribution is 5.76. The highest BCUT2D eigenvalue weighted by Crippen LogP contribution is 2.24. The monoisotopic (exact) mass is 350 g/mol. The quantitative estimate of drug-likeness (QED) is 0.741. The first-order valence-electron chi connectivity index (χ1n) is 9.02. The number of nitrogens with one attached hydrogen (secondary N) is 2. The number of carbonyl (C=O) groups excluding carboxylic acids is 2. The summed E-state index contributed by atoms with van der Waals surface area (Å²) in [5.74, 6) is 1.21. The fourth-order valence-corrected chi connectivity index (χ4v) is 3.27. The van der Waals surface area contributed by atoms with Crippen LogP contribution in [0.4, 0.5) is 0 Å². The minimum atomic E-state index is -0.0153. The van der Waals surface area contributed by atoms with E-state index in [-0.39, 0.29) is 17.9 Å². The number of likely N-dealkylation sites (tertiary alicyclic amines) is 1. The molecule has 2 atom stereocenters. The van der Waals surface area contributed by atoms with Gasteiger partial charge in [0, 0.05) is 38.0 Å². The van der Waals surface area contributed by atoms with E-state index < -0.39 is 0 Å². The molecule has 2 N–H and O–H groups in total. The molecule has 7 heteroatoms. The summed E-state index contributed by atoms with van der Waals surface area (Å²) in [5, 5.41) is 9.79. The van der Waals surface area contributed by atoms with Crippen LogP contribution in [0.5, 0.6) is 0 Å². The summed E-state index contributed by atoms with van der Waals surface area (Å²) in [7, 11) is 2.02. The van der Waals surface area contributed by atoms with E-state index in [0.29, 0.717) is 37.2 Å². The largest absolute Gasteiger partial charge is 0.359 e. The fraction of sp³-hybridized carbons (Fsp3) is 0.722. The van der Waals surface area contributed by atoms with Gasteiger partial charge in [-0.2, -0.15) is 0 Å². The SMILES string of the molecule is CC(=O)NC[C@H]1CC[C@@H](CC(=O)NCc2cc(CC(C)C)no2)N1C. The number of nitrogens with zero attached hydrogens (tertiary/aromatic N) is 2. The Morgan fingerprint density at radius 3 is 2.72 bits per heavy atom. The van der Waals surface area contributed by atoms with Gasteiger partial charge in [0.05, 0.1) is 12.2 Å². The topological polar surface area (TPSA) is 87.5 Å². The van der Waals surface area contributed by atoms with Crippen LogP contribution in [-0.4, -0.2) is 47.5 Å². The van der Waals surface area contributed by atoms with E-state index in [1.807, 2.05) is 13.1 Å². The molecule has 1 fully saturated rings. The Bertz CT molecular complexity index is 585. The molecule has 1 aliphatic heterocycles. The second-order valence-corrected chi connectivity index (χ2v) is 7.35. The summed E-state index contributed by atoms with van der Waals surface area (Å²) in [6, 6.07) is 2.42. The molecule has 0 aliphatic carbocycles. The van der Waals surface area contributed by atoms with E-state index in [4.69, 9.17) is 4.52 Å². The van der Waals surface area contributed by atoms with Gasteiger partial charge in [-0.3, -0.25) is 14.5 Å². The number of hydrogen-bond donors (Lipinski definition) is 2. The van der Waals surface area contributed by atoms with Crippen LogP contribution in [0, 0.1) is 5.92 Å². The van der Waals surface area contributed by atoms with Crippen molar-refractivity contribution in [2.75, 3.05) is 13.6 Å². The summed E-state index contributed by atoms with van der Waals surface area (Å²) in [5.41, 5.74) is 0.926. The summed E-state index contributed by atoms with van der Waals surface area (Å²) in [4.78, 5) is 25.4. The molecule has 25 heavy (non-hydrogen) atoms. The number of hydrogen-bond acceptors (Lipinski definition) is 5. The van der Waals surface area contributed by atoms with Crippen molar-refractivity contribution in [3.63, 3.8) is 0 Å². The molecule has 2 amide bonds. The van der Waals surface area contributed by atoms with E-state index in [0.717, 1.165) is 25.0 Å². The zero-order valence-electron chi connectivity index (χ0n) is 15.7. The van der Waals surface area contributed by atoms with Crippen molar-refractivity contribution in [2.45, 2.75) is 65.1 Å². The normalized spacial score (nSPS) is 20.8. The van der Waals surface area contributed by atoms with Gasteiger partial charge in [0.1, 0.15) is 0 Å². The Labute approximate surface area is 149 Å². The lowest BCUT2D eigenvalue weighted by Crippen LogP contribution is -2.41. The maximum Gasteiger partial charge on any atom is 0.221 e. The van der Waals surface area contributed by atoms with Crippen LogP contribution in [0.1, 0.15) is 51.5 Å². The smallest absolute Gasteiger partial charge is 0.221 e. The molecule has 140 valence electrons. The van der Waals surface area contributed by atoms with Gasteiger partial charge < -0.3 is 15.2 Å². The maximum absolute atomic E-state index is 12.2. The molecule has 1 aromatic rings. The molecule has 2 heterocycles. The predicted octanol–water partition coefficient (Wildman–Crippen LogP) is 1.48. The minimum absolute atomic E-state index is 0.0128. The van der Waals surface area contributed by atoms with Gasteiger partial charge in [0.25, 0.3) is 0 Å². The number of carbonyl (C=O) groups is 2. The highest BCUT2D eigenvalue weighted by Gasteiger charge is 2.31. The van der Waals surface area contributed by atoms with Crippen LogP contribution in [0.2, 0.25) is 0 Å². The Morgan fingerprint density at radius 1 is 1.32 bits per heavy atom. The average Bonchev–Trinajstić information content (AvgIpc) is 3.10. The maximum atomic E-state index is 12.2. The lowest BCUT2D eigenvalue weighted by atomic mass is 10.1. The second-order valence-electron chi connectivity index (χ2n) is 7.35. The van der Waals surface area contributed by atoms with E-state index in [9.17, 15) is 9.59 Å². The summed E-state index contributed by atoms with van der Waals surface area (Å²) in [6.45, 7) is 6.80. The zero-order valence-corrected chi connectivity index (χ0v) is 15.7. The minimum Gasteiger partial charge on any atom is -0.359 e. The molecule has 0 radical (unpaired) electrons. The number of rotatable bonds is 8. The van der Waals surface area contributed by atoms with Crippen LogP contribution in [0.3, 0.4) is 0 Å². The van der Waals surface area contributed by atoms with Crippen molar-refractivity contribution in [1.82, 2.24) is 20.7 Å². The van der Waals surface area contributed by atoms with Crippen LogP contribution in [-0.2, 0) is 22.6 Å². The lowest BCUT2D eigenvalue weighted by Gasteiger charge is -2.25. The number of aromatic nitrogens is 1. The highest BCUT2D eigenvalue weighted by atomic mass is 16.5. The van der Waals surface area contributed by atoms with Gasteiger partial charge in [0.2, 0.25) is 11.8 Å². The molecule has 1 aliphatic rings. The first-order valence-corrected chi connectivity index (χ1v) is 9.02. The van der Waals surface area contributed by atoms with E-state index >= 15 is 0 Å². The molecule has 1 saturated heterocycles. The molecular formula is C18H30N4O3. The van der Waals surface area contributed by atoms with Crippen molar-refractivity contribution in [3.8, 4) is 0 Å². The zero-order chi connectivity index (χ0) is 18.4. The Hall–Kier alpha value is -1.89. The molecule has 0 aromatic carbocycles. The van der Waals surface area contributed by atoms with Crippen molar-refractivity contribution >= 4 is 11.8 Å². The average molecular weight is 350 g/mol. The van der Waals surface area contributed by atoms with Gasteiger partial charge >= 0.3 is 0 Å². The number of likely N-dealkylation sites (N-methyl/N-ethyl adjacent to an activating group) is 1. The van der Waals surface area contributed by atoms with Gasteiger partial charge in [0.15, 0.2) is 5.76 Å². The summed E-state index contributed by atoms with van der Waals surface area (Å²) in [6.07, 6.45) is 3.30. The molecule has 0 bridgehead atoms. The molecule has 1 aromatic heterocycles. The van der Waals surface area contributed by atoms with Crippen LogP contribution in [0.15, 0.2) is 10.6 Å². The third-order valence-electron chi connectivity index (χ3n) is 4.68. The van der Waals surface area contributed by atoms with Gasteiger partial charge in [-0.05, 0) is 32.2 Å².